The molecule has 0 aliphatic heterocycles. The van der Waals surface area contributed by atoms with E-state index in [2.05, 4.69) is 19.9 Å². The number of hydrogen-bond acceptors (Lipinski definition) is 2. The van der Waals surface area contributed by atoms with Crippen molar-refractivity contribution < 1.29 is 5.11 Å². The molecular formula is C22H35NO. The van der Waals surface area contributed by atoms with Gasteiger partial charge in [-0.1, -0.05) is 26.7 Å². The highest BCUT2D eigenvalue weighted by molar-refractivity contribution is 5.15. The summed E-state index contributed by atoms with van der Waals surface area (Å²) in [6.07, 6.45) is 13.5. The SMILES string of the molecule is CC(O)(C#N)[C@H]1CC[C@H]2[C@@H]3CCC4CCCC[C@]4(C)[C@H]3CC[C@]12C. The lowest BCUT2D eigenvalue weighted by atomic mass is 9.44. The maximum absolute atomic E-state index is 10.7. The molecule has 1 N–H and O–H groups in total. The van der Waals surface area contributed by atoms with Crippen LogP contribution in [0.5, 0.6) is 0 Å². The van der Waals surface area contributed by atoms with Gasteiger partial charge in [-0.05, 0) is 92.8 Å². The molecule has 0 aromatic carbocycles. The van der Waals surface area contributed by atoms with Gasteiger partial charge in [0, 0.05) is 5.92 Å². The Balaban J connectivity index is 1.63. The first-order valence-corrected chi connectivity index (χ1v) is 10.5. The molecule has 4 fully saturated rings. The van der Waals surface area contributed by atoms with Gasteiger partial charge in [0.05, 0.1) is 6.07 Å². The Kier molecular flexibility index (Phi) is 3.85. The quantitative estimate of drug-likeness (QED) is 0.662. The number of aliphatic hydroxyl groups is 1. The fourth-order valence-corrected chi connectivity index (χ4v) is 8.30. The largest absolute Gasteiger partial charge is 0.375 e. The van der Waals surface area contributed by atoms with Crippen molar-refractivity contribution in [2.75, 3.05) is 0 Å². The van der Waals surface area contributed by atoms with Gasteiger partial charge in [0.25, 0.3) is 0 Å². The number of rotatable bonds is 1. The van der Waals surface area contributed by atoms with E-state index in [9.17, 15) is 10.4 Å². The van der Waals surface area contributed by atoms with Gasteiger partial charge >= 0.3 is 0 Å². The Morgan fingerprint density at radius 3 is 2.42 bits per heavy atom. The second-order valence-electron chi connectivity index (χ2n) is 10.3. The molecule has 4 rings (SSSR count). The third-order valence-corrected chi connectivity index (χ3v) is 9.49. The Bertz CT molecular complexity index is 549. The van der Waals surface area contributed by atoms with Crippen LogP contribution in [0.4, 0.5) is 0 Å². The molecule has 0 saturated heterocycles. The van der Waals surface area contributed by atoms with Crippen molar-refractivity contribution in [2.24, 2.45) is 40.4 Å². The molecule has 0 spiro atoms. The fourth-order valence-electron chi connectivity index (χ4n) is 8.30. The van der Waals surface area contributed by atoms with Crippen LogP contribution in [0.2, 0.25) is 0 Å². The molecule has 134 valence electrons. The fraction of sp³-hybridized carbons (Fsp3) is 0.955. The van der Waals surface area contributed by atoms with E-state index in [0.717, 1.165) is 30.1 Å². The van der Waals surface area contributed by atoms with Crippen molar-refractivity contribution in [1.82, 2.24) is 0 Å². The first-order valence-electron chi connectivity index (χ1n) is 10.5. The molecule has 2 heteroatoms. The van der Waals surface area contributed by atoms with Crippen LogP contribution in [-0.4, -0.2) is 10.7 Å². The molecule has 0 amide bonds. The zero-order valence-corrected chi connectivity index (χ0v) is 15.9. The molecule has 4 aliphatic carbocycles. The summed E-state index contributed by atoms with van der Waals surface area (Å²) in [7, 11) is 0. The summed E-state index contributed by atoms with van der Waals surface area (Å²) in [5, 5.41) is 20.2. The van der Waals surface area contributed by atoms with Crippen LogP contribution in [0, 0.1) is 51.8 Å². The highest BCUT2D eigenvalue weighted by Crippen LogP contribution is 2.68. The second kappa shape index (κ2) is 5.47. The molecule has 2 unspecified atom stereocenters. The number of fused-ring (bicyclic) bond motifs is 5. The van der Waals surface area contributed by atoms with Gasteiger partial charge in [0.15, 0.2) is 5.60 Å². The summed E-state index contributed by atoms with van der Waals surface area (Å²) >= 11 is 0. The molecule has 8 atom stereocenters. The molecule has 0 radical (unpaired) electrons. The van der Waals surface area contributed by atoms with Crippen molar-refractivity contribution in [2.45, 2.75) is 90.6 Å². The van der Waals surface area contributed by atoms with Crippen molar-refractivity contribution in [3.05, 3.63) is 0 Å². The van der Waals surface area contributed by atoms with E-state index in [0.29, 0.717) is 5.41 Å². The van der Waals surface area contributed by atoms with Gasteiger partial charge in [0.2, 0.25) is 0 Å². The molecule has 0 heterocycles. The molecule has 2 nitrogen and oxygen atoms in total. The van der Waals surface area contributed by atoms with Crippen molar-refractivity contribution in [3.8, 4) is 6.07 Å². The predicted molar refractivity (Wildman–Crippen MR) is 96.1 cm³/mol. The predicted octanol–water partition coefficient (Wildman–Crippen LogP) is 5.31. The second-order valence-corrected chi connectivity index (χ2v) is 10.3. The maximum atomic E-state index is 10.7. The van der Waals surface area contributed by atoms with Crippen LogP contribution in [0.25, 0.3) is 0 Å². The van der Waals surface area contributed by atoms with E-state index in [1.165, 1.54) is 57.8 Å². The molecule has 0 aromatic rings. The highest BCUT2D eigenvalue weighted by Gasteiger charge is 2.62. The number of hydrogen-bond donors (Lipinski definition) is 1. The van der Waals surface area contributed by atoms with Gasteiger partial charge in [-0.25, -0.2) is 0 Å². The Labute approximate surface area is 148 Å². The minimum absolute atomic E-state index is 0.165. The smallest absolute Gasteiger partial charge is 0.151 e. The van der Waals surface area contributed by atoms with E-state index < -0.39 is 5.60 Å². The highest BCUT2D eigenvalue weighted by atomic mass is 16.3. The van der Waals surface area contributed by atoms with Gasteiger partial charge < -0.3 is 5.11 Å². The van der Waals surface area contributed by atoms with E-state index in [1.807, 2.05) is 0 Å². The maximum Gasteiger partial charge on any atom is 0.151 e. The van der Waals surface area contributed by atoms with Gasteiger partial charge in [-0.2, -0.15) is 5.26 Å². The summed E-state index contributed by atoms with van der Waals surface area (Å²) in [5.41, 5.74) is -0.390. The van der Waals surface area contributed by atoms with E-state index in [-0.39, 0.29) is 11.3 Å². The first kappa shape index (κ1) is 16.9. The van der Waals surface area contributed by atoms with Crippen LogP contribution in [0.1, 0.15) is 85.0 Å². The topological polar surface area (TPSA) is 44.0 Å². The third kappa shape index (κ3) is 2.16. The van der Waals surface area contributed by atoms with Crippen LogP contribution in [-0.2, 0) is 0 Å². The minimum atomic E-state index is -1.15. The van der Waals surface area contributed by atoms with Gasteiger partial charge in [0.1, 0.15) is 0 Å². The monoisotopic (exact) mass is 329 g/mol. The molecule has 0 bridgehead atoms. The van der Waals surface area contributed by atoms with Crippen LogP contribution in [0.15, 0.2) is 0 Å². The average molecular weight is 330 g/mol. The minimum Gasteiger partial charge on any atom is -0.375 e. The van der Waals surface area contributed by atoms with E-state index in [4.69, 9.17) is 0 Å². The van der Waals surface area contributed by atoms with Crippen molar-refractivity contribution in [1.29, 1.82) is 5.26 Å². The molecule has 4 saturated carbocycles. The van der Waals surface area contributed by atoms with Crippen LogP contribution < -0.4 is 0 Å². The first-order chi connectivity index (χ1) is 11.3. The molecule has 24 heavy (non-hydrogen) atoms. The number of nitrogens with zero attached hydrogens (tertiary/aromatic N) is 1. The zero-order chi connectivity index (χ0) is 17.2. The lowest BCUT2D eigenvalue weighted by Crippen LogP contribution is -2.54. The summed E-state index contributed by atoms with van der Waals surface area (Å²) in [5.74, 6) is 3.62. The van der Waals surface area contributed by atoms with Crippen molar-refractivity contribution in [3.63, 3.8) is 0 Å². The Morgan fingerprint density at radius 1 is 0.917 bits per heavy atom. The van der Waals surface area contributed by atoms with Crippen LogP contribution >= 0.6 is 0 Å². The molecule has 4 aliphatic rings. The molecular weight excluding hydrogens is 294 g/mol. The van der Waals surface area contributed by atoms with Crippen molar-refractivity contribution >= 4 is 0 Å². The van der Waals surface area contributed by atoms with Gasteiger partial charge in [-0.15, -0.1) is 0 Å². The lowest BCUT2D eigenvalue weighted by molar-refractivity contribution is -0.125. The standard InChI is InChI=1S/C22H35NO/c1-20-12-5-4-6-15(20)7-8-16-17-9-10-19(22(3,24)14-23)21(17,2)13-11-18(16)20/h15-19,24H,4-13H2,1-3H3/t15?,16-,17-,18-,19-,20-,21-,22?/m0/s1. The third-order valence-electron chi connectivity index (χ3n) is 9.49. The number of nitriles is 1. The summed E-state index contributed by atoms with van der Waals surface area (Å²) < 4.78 is 0. The van der Waals surface area contributed by atoms with Gasteiger partial charge in [-0.3, -0.25) is 0 Å². The summed E-state index contributed by atoms with van der Waals surface area (Å²) in [6, 6.07) is 2.22. The summed E-state index contributed by atoms with van der Waals surface area (Å²) in [4.78, 5) is 0. The average Bonchev–Trinajstić information content (AvgIpc) is 2.92. The zero-order valence-electron chi connectivity index (χ0n) is 15.9. The van der Waals surface area contributed by atoms with Crippen LogP contribution in [0.3, 0.4) is 0 Å². The molecule has 0 aromatic heterocycles. The lowest BCUT2D eigenvalue weighted by Gasteiger charge is -2.61. The van der Waals surface area contributed by atoms with E-state index in [1.54, 1.807) is 6.92 Å². The van der Waals surface area contributed by atoms with E-state index >= 15 is 0 Å². The Hall–Kier alpha value is -0.550. The Morgan fingerprint density at radius 2 is 1.67 bits per heavy atom. The normalized spacial score (nSPS) is 53.2. The summed E-state index contributed by atoms with van der Waals surface area (Å²) in [6.45, 7) is 6.79.